The Bertz CT molecular complexity index is 867. The number of benzene rings is 1. The SMILES string of the molecule is CC(C)Cn1c(SCC(=O)N2[C@H](C)CCC[C@H]2C)nc2ccccc2c1=O. The van der Waals surface area contributed by atoms with Crippen LogP contribution in [0.1, 0.15) is 47.0 Å². The summed E-state index contributed by atoms with van der Waals surface area (Å²) in [6.45, 7) is 9.02. The van der Waals surface area contributed by atoms with Gasteiger partial charge in [0.15, 0.2) is 5.16 Å². The van der Waals surface area contributed by atoms with Crippen LogP contribution in [0.3, 0.4) is 0 Å². The third-order valence-electron chi connectivity index (χ3n) is 5.18. The fourth-order valence-electron chi connectivity index (χ4n) is 3.90. The molecule has 1 amide bonds. The Morgan fingerprint density at radius 3 is 2.56 bits per heavy atom. The van der Waals surface area contributed by atoms with Crippen LogP contribution in [0.15, 0.2) is 34.2 Å². The van der Waals surface area contributed by atoms with Crippen molar-refractivity contribution < 1.29 is 4.79 Å². The van der Waals surface area contributed by atoms with E-state index in [1.807, 2.05) is 29.2 Å². The zero-order chi connectivity index (χ0) is 19.6. The standard InChI is InChI=1S/C21H29N3O2S/c1-14(2)12-23-20(26)17-10-5-6-11-18(17)22-21(23)27-13-19(25)24-15(3)8-7-9-16(24)4/h5-6,10-11,14-16H,7-9,12-13H2,1-4H3/t15-,16-/m1/s1. The lowest BCUT2D eigenvalue weighted by atomic mass is 9.98. The van der Waals surface area contributed by atoms with Crippen LogP contribution in [0.4, 0.5) is 0 Å². The highest BCUT2D eigenvalue weighted by Crippen LogP contribution is 2.25. The molecule has 5 nitrogen and oxygen atoms in total. The lowest BCUT2D eigenvalue weighted by Crippen LogP contribution is -2.48. The summed E-state index contributed by atoms with van der Waals surface area (Å²) in [5.41, 5.74) is 0.668. The van der Waals surface area contributed by atoms with E-state index in [1.54, 1.807) is 4.57 Å². The first-order valence-electron chi connectivity index (χ1n) is 9.82. The van der Waals surface area contributed by atoms with Crippen molar-refractivity contribution in [2.24, 2.45) is 5.92 Å². The smallest absolute Gasteiger partial charge is 0.262 e. The maximum atomic E-state index is 12.9. The van der Waals surface area contributed by atoms with Gasteiger partial charge < -0.3 is 4.90 Å². The van der Waals surface area contributed by atoms with Crippen molar-refractivity contribution in [1.82, 2.24) is 14.5 Å². The number of thioether (sulfide) groups is 1. The van der Waals surface area contributed by atoms with E-state index in [1.165, 1.54) is 18.2 Å². The summed E-state index contributed by atoms with van der Waals surface area (Å²) < 4.78 is 1.73. The Morgan fingerprint density at radius 1 is 1.22 bits per heavy atom. The van der Waals surface area contributed by atoms with Crippen molar-refractivity contribution in [3.05, 3.63) is 34.6 Å². The van der Waals surface area contributed by atoms with Crippen molar-refractivity contribution in [2.75, 3.05) is 5.75 Å². The molecule has 2 heterocycles. The number of rotatable bonds is 5. The molecule has 27 heavy (non-hydrogen) atoms. The maximum Gasteiger partial charge on any atom is 0.262 e. The Balaban J connectivity index is 1.87. The van der Waals surface area contributed by atoms with Gasteiger partial charge in [0.05, 0.1) is 16.7 Å². The molecule has 3 rings (SSSR count). The molecule has 1 aliphatic heterocycles. The molecule has 1 aromatic heterocycles. The number of para-hydroxylation sites is 1. The maximum absolute atomic E-state index is 12.9. The highest BCUT2D eigenvalue weighted by molar-refractivity contribution is 7.99. The fourth-order valence-corrected chi connectivity index (χ4v) is 4.78. The monoisotopic (exact) mass is 387 g/mol. The van der Waals surface area contributed by atoms with Crippen LogP contribution in [-0.2, 0) is 11.3 Å². The van der Waals surface area contributed by atoms with Gasteiger partial charge in [0.25, 0.3) is 5.56 Å². The van der Waals surface area contributed by atoms with Crippen molar-refractivity contribution >= 4 is 28.6 Å². The molecule has 2 atom stereocenters. The molecule has 1 fully saturated rings. The first-order chi connectivity index (χ1) is 12.9. The summed E-state index contributed by atoms with van der Waals surface area (Å²) in [4.78, 5) is 32.5. The second-order valence-corrected chi connectivity index (χ2v) is 8.88. The Labute approximate surface area is 165 Å². The number of hydrogen-bond acceptors (Lipinski definition) is 4. The number of aromatic nitrogens is 2. The van der Waals surface area contributed by atoms with Crippen LogP contribution >= 0.6 is 11.8 Å². The lowest BCUT2D eigenvalue weighted by molar-refractivity contribution is -0.134. The van der Waals surface area contributed by atoms with Gasteiger partial charge in [-0.15, -0.1) is 0 Å². The minimum absolute atomic E-state index is 0.0241. The molecule has 2 aromatic rings. The predicted molar refractivity (Wildman–Crippen MR) is 111 cm³/mol. The summed E-state index contributed by atoms with van der Waals surface area (Å²) >= 11 is 1.38. The number of nitrogens with zero attached hydrogens (tertiary/aromatic N) is 3. The van der Waals surface area contributed by atoms with E-state index in [0.717, 1.165) is 12.8 Å². The predicted octanol–water partition coefficient (Wildman–Crippen LogP) is 3.93. The minimum Gasteiger partial charge on any atom is -0.337 e. The average Bonchev–Trinajstić information content (AvgIpc) is 2.62. The Hall–Kier alpha value is -1.82. The van der Waals surface area contributed by atoms with Crippen molar-refractivity contribution in [2.45, 2.75) is 70.7 Å². The molecule has 0 unspecified atom stereocenters. The molecule has 1 saturated heterocycles. The Kier molecular flexibility index (Phi) is 6.25. The van der Waals surface area contributed by atoms with Gasteiger partial charge >= 0.3 is 0 Å². The van der Waals surface area contributed by atoms with E-state index in [4.69, 9.17) is 4.98 Å². The molecule has 0 spiro atoms. The van der Waals surface area contributed by atoms with E-state index in [9.17, 15) is 9.59 Å². The van der Waals surface area contributed by atoms with Gasteiger partial charge in [-0.3, -0.25) is 14.2 Å². The molecular weight excluding hydrogens is 358 g/mol. The second-order valence-electron chi connectivity index (χ2n) is 7.94. The molecule has 146 valence electrons. The third-order valence-corrected chi connectivity index (χ3v) is 6.14. The summed E-state index contributed by atoms with van der Waals surface area (Å²) in [6, 6.07) is 7.99. The number of carbonyl (C=O) groups is 1. The van der Waals surface area contributed by atoms with Crippen LogP contribution in [0.2, 0.25) is 0 Å². The van der Waals surface area contributed by atoms with E-state index in [2.05, 4.69) is 27.7 Å². The van der Waals surface area contributed by atoms with Gasteiger partial charge in [-0.1, -0.05) is 37.7 Å². The van der Waals surface area contributed by atoms with Gasteiger partial charge in [-0.2, -0.15) is 0 Å². The highest BCUT2D eigenvalue weighted by atomic mass is 32.2. The quantitative estimate of drug-likeness (QED) is 0.576. The average molecular weight is 388 g/mol. The van der Waals surface area contributed by atoms with Crippen LogP contribution < -0.4 is 5.56 Å². The van der Waals surface area contributed by atoms with Gasteiger partial charge in [0, 0.05) is 18.6 Å². The molecule has 0 bridgehead atoms. The zero-order valence-electron chi connectivity index (χ0n) is 16.6. The first kappa shape index (κ1) is 19.9. The number of amides is 1. The molecular formula is C21H29N3O2S. The van der Waals surface area contributed by atoms with Gasteiger partial charge in [-0.05, 0) is 51.2 Å². The summed E-state index contributed by atoms with van der Waals surface area (Å²) in [6.07, 6.45) is 3.31. The topological polar surface area (TPSA) is 55.2 Å². The second kappa shape index (κ2) is 8.46. The summed E-state index contributed by atoms with van der Waals surface area (Å²) in [5.74, 6) is 0.776. The van der Waals surface area contributed by atoms with E-state index in [-0.39, 0.29) is 23.6 Å². The number of piperidine rings is 1. The Morgan fingerprint density at radius 2 is 1.89 bits per heavy atom. The first-order valence-corrected chi connectivity index (χ1v) is 10.8. The minimum atomic E-state index is -0.0241. The highest BCUT2D eigenvalue weighted by Gasteiger charge is 2.29. The fraction of sp³-hybridized carbons (Fsp3) is 0.571. The molecule has 0 aliphatic carbocycles. The molecule has 0 N–H and O–H groups in total. The van der Waals surface area contributed by atoms with E-state index >= 15 is 0 Å². The van der Waals surface area contributed by atoms with Crippen LogP contribution in [0.25, 0.3) is 10.9 Å². The zero-order valence-corrected chi connectivity index (χ0v) is 17.5. The third kappa shape index (κ3) is 4.37. The van der Waals surface area contributed by atoms with Crippen molar-refractivity contribution in [1.29, 1.82) is 0 Å². The number of fused-ring (bicyclic) bond motifs is 1. The normalized spacial score (nSPS) is 20.4. The summed E-state index contributed by atoms with van der Waals surface area (Å²) in [7, 11) is 0. The number of carbonyl (C=O) groups excluding carboxylic acids is 1. The summed E-state index contributed by atoms with van der Waals surface area (Å²) in [5, 5.41) is 1.27. The van der Waals surface area contributed by atoms with Gasteiger partial charge in [-0.25, -0.2) is 4.98 Å². The number of likely N-dealkylation sites (tertiary alicyclic amines) is 1. The van der Waals surface area contributed by atoms with Crippen LogP contribution in [0, 0.1) is 5.92 Å². The largest absolute Gasteiger partial charge is 0.337 e. The molecule has 6 heteroatoms. The van der Waals surface area contributed by atoms with Crippen molar-refractivity contribution in [3.8, 4) is 0 Å². The molecule has 1 aliphatic rings. The van der Waals surface area contributed by atoms with Gasteiger partial charge in [0.2, 0.25) is 5.91 Å². The molecule has 1 aromatic carbocycles. The van der Waals surface area contributed by atoms with Crippen molar-refractivity contribution in [3.63, 3.8) is 0 Å². The molecule has 0 radical (unpaired) electrons. The lowest BCUT2D eigenvalue weighted by Gasteiger charge is -2.39. The molecule has 0 saturated carbocycles. The van der Waals surface area contributed by atoms with E-state index in [0.29, 0.717) is 34.3 Å². The van der Waals surface area contributed by atoms with E-state index < -0.39 is 0 Å². The van der Waals surface area contributed by atoms with Gasteiger partial charge in [0.1, 0.15) is 0 Å². The number of hydrogen-bond donors (Lipinski definition) is 0. The van der Waals surface area contributed by atoms with Crippen LogP contribution in [-0.4, -0.2) is 38.2 Å². The van der Waals surface area contributed by atoms with Crippen LogP contribution in [0.5, 0.6) is 0 Å².